The molecular formula is C17H19BBrNO2. The fraction of sp³-hybridized carbons (Fsp3) is 0.353. The number of rotatable bonds is 2. The maximum atomic E-state index is 6.20. The zero-order chi connectivity index (χ0) is 16.0. The van der Waals surface area contributed by atoms with Crippen molar-refractivity contribution in [1.82, 2.24) is 4.98 Å². The number of halogens is 1. The van der Waals surface area contributed by atoms with E-state index in [9.17, 15) is 0 Å². The molecule has 2 aromatic rings. The molecule has 114 valence electrons. The smallest absolute Gasteiger partial charge is 0.399 e. The molecule has 22 heavy (non-hydrogen) atoms. The second-order valence-electron chi connectivity index (χ2n) is 6.53. The molecular weight excluding hydrogens is 341 g/mol. The molecule has 0 unspecified atom stereocenters. The SMILES string of the molecule is CC1(C)OB(c2cc(Br)ccc2-c2ccccn2)OC1(C)C. The minimum atomic E-state index is -0.403. The Morgan fingerprint density at radius 3 is 2.27 bits per heavy atom. The first kappa shape index (κ1) is 15.7. The van der Waals surface area contributed by atoms with E-state index in [0.717, 1.165) is 21.2 Å². The summed E-state index contributed by atoms with van der Waals surface area (Å²) in [6, 6.07) is 12.0. The highest BCUT2D eigenvalue weighted by molar-refractivity contribution is 9.10. The van der Waals surface area contributed by atoms with Gasteiger partial charge in [0, 0.05) is 10.7 Å². The normalized spacial score (nSPS) is 19.4. The molecule has 1 aromatic heterocycles. The Morgan fingerprint density at radius 2 is 1.68 bits per heavy atom. The van der Waals surface area contributed by atoms with E-state index in [1.165, 1.54) is 0 Å². The molecule has 3 rings (SSSR count). The second-order valence-corrected chi connectivity index (χ2v) is 7.45. The quantitative estimate of drug-likeness (QED) is 0.764. The van der Waals surface area contributed by atoms with Crippen molar-refractivity contribution < 1.29 is 9.31 Å². The van der Waals surface area contributed by atoms with Crippen molar-refractivity contribution in [3.63, 3.8) is 0 Å². The molecule has 0 aliphatic carbocycles. The number of benzene rings is 1. The zero-order valence-electron chi connectivity index (χ0n) is 13.3. The lowest BCUT2D eigenvalue weighted by molar-refractivity contribution is 0.00578. The van der Waals surface area contributed by atoms with Crippen LogP contribution in [0.25, 0.3) is 11.3 Å². The minimum Gasteiger partial charge on any atom is -0.399 e. The molecule has 1 saturated heterocycles. The zero-order valence-corrected chi connectivity index (χ0v) is 14.8. The van der Waals surface area contributed by atoms with Crippen LogP contribution < -0.4 is 5.46 Å². The summed E-state index contributed by atoms with van der Waals surface area (Å²) >= 11 is 3.54. The molecule has 0 atom stereocenters. The Balaban J connectivity index is 2.07. The van der Waals surface area contributed by atoms with E-state index in [1.54, 1.807) is 6.20 Å². The fourth-order valence-electron chi connectivity index (χ4n) is 2.45. The topological polar surface area (TPSA) is 31.4 Å². The molecule has 0 N–H and O–H groups in total. The average molecular weight is 360 g/mol. The third-order valence-electron chi connectivity index (χ3n) is 4.46. The summed E-state index contributed by atoms with van der Waals surface area (Å²) in [4.78, 5) is 4.46. The number of pyridine rings is 1. The first-order valence-electron chi connectivity index (χ1n) is 7.37. The van der Waals surface area contributed by atoms with Crippen molar-refractivity contribution in [2.24, 2.45) is 0 Å². The van der Waals surface area contributed by atoms with Crippen molar-refractivity contribution in [1.29, 1.82) is 0 Å². The maximum absolute atomic E-state index is 6.20. The molecule has 3 nitrogen and oxygen atoms in total. The first-order chi connectivity index (χ1) is 10.3. The van der Waals surface area contributed by atoms with Crippen LogP contribution in [0.4, 0.5) is 0 Å². The highest BCUT2D eigenvalue weighted by Crippen LogP contribution is 2.37. The standard InChI is InChI=1S/C17H19BBrNO2/c1-16(2)17(3,4)22-18(21-16)14-11-12(19)8-9-13(14)15-7-5-6-10-20-15/h5-11H,1-4H3. The van der Waals surface area contributed by atoms with E-state index in [-0.39, 0.29) is 11.2 Å². The minimum absolute atomic E-state index is 0.360. The van der Waals surface area contributed by atoms with E-state index in [0.29, 0.717) is 0 Å². The molecule has 2 heterocycles. The summed E-state index contributed by atoms with van der Waals surface area (Å²) in [5.41, 5.74) is 2.22. The van der Waals surface area contributed by atoms with Gasteiger partial charge in [-0.1, -0.05) is 28.1 Å². The summed E-state index contributed by atoms with van der Waals surface area (Å²) in [7, 11) is -0.403. The van der Waals surface area contributed by atoms with E-state index in [4.69, 9.17) is 9.31 Å². The van der Waals surface area contributed by atoms with Gasteiger partial charge < -0.3 is 9.31 Å². The third-order valence-corrected chi connectivity index (χ3v) is 4.95. The van der Waals surface area contributed by atoms with Crippen LogP contribution in [0.2, 0.25) is 0 Å². The molecule has 0 amide bonds. The van der Waals surface area contributed by atoms with Gasteiger partial charge in [-0.2, -0.15) is 0 Å². The molecule has 0 bridgehead atoms. The Bertz CT molecular complexity index is 672. The monoisotopic (exact) mass is 359 g/mol. The predicted octanol–water partition coefficient (Wildman–Crippen LogP) is 3.81. The molecule has 5 heteroatoms. The third kappa shape index (κ3) is 2.73. The number of hydrogen-bond acceptors (Lipinski definition) is 3. The van der Waals surface area contributed by atoms with Crippen molar-refractivity contribution in [2.75, 3.05) is 0 Å². The van der Waals surface area contributed by atoms with E-state index < -0.39 is 7.12 Å². The van der Waals surface area contributed by atoms with E-state index in [2.05, 4.69) is 48.6 Å². The van der Waals surface area contributed by atoms with Crippen molar-refractivity contribution in [2.45, 2.75) is 38.9 Å². The van der Waals surface area contributed by atoms with Crippen LogP contribution in [0.15, 0.2) is 47.1 Å². The van der Waals surface area contributed by atoms with E-state index >= 15 is 0 Å². The van der Waals surface area contributed by atoms with Gasteiger partial charge in [0.1, 0.15) is 0 Å². The summed E-state index contributed by atoms with van der Waals surface area (Å²) in [5, 5.41) is 0. The van der Waals surface area contributed by atoms with Gasteiger partial charge in [0.2, 0.25) is 0 Å². The first-order valence-corrected chi connectivity index (χ1v) is 8.16. The molecule has 0 spiro atoms. The number of nitrogens with zero attached hydrogens (tertiary/aromatic N) is 1. The maximum Gasteiger partial charge on any atom is 0.495 e. The van der Waals surface area contributed by atoms with Gasteiger partial charge in [-0.3, -0.25) is 4.98 Å². The van der Waals surface area contributed by atoms with Crippen molar-refractivity contribution in [3.8, 4) is 11.3 Å². The Kier molecular flexibility index (Phi) is 3.92. The molecule has 1 aliphatic heterocycles. The summed E-state index contributed by atoms with van der Waals surface area (Å²) in [6.45, 7) is 8.24. The summed E-state index contributed by atoms with van der Waals surface area (Å²) < 4.78 is 13.4. The lowest BCUT2D eigenvalue weighted by Crippen LogP contribution is -2.41. The Morgan fingerprint density at radius 1 is 1.00 bits per heavy atom. The van der Waals surface area contributed by atoms with Crippen LogP contribution in [0.1, 0.15) is 27.7 Å². The largest absolute Gasteiger partial charge is 0.495 e. The molecule has 0 saturated carbocycles. The predicted molar refractivity (Wildman–Crippen MR) is 93.1 cm³/mol. The highest BCUT2D eigenvalue weighted by atomic mass is 79.9. The molecule has 1 fully saturated rings. The fourth-order valence-corrected chi connectivity index (χ4v) is 2.83. The van der Waals surface area contributed by atoms with Gasteiger partial charge in [-0.15, -0.1) is 0 Å². The van der Waals surface area contributed by atoms with Crippen molar-refractivity contribution >= 4 is 28.5 Å². The molecule has 0 radical (unpaired) electrons. The van der Waals surface area contributed by atoms with Crippen LogP contribution in [0.5, 0.6) is 0 Å². The highest BCUT2D eigenvalue weighted by Gasteiger charge is 2.52. The lowest BCUT2D eigenvalue weighted by Gasteiger charge is -2.32. The van der Waals surface area contributed by atoms with Crippen molar-refractivity contribution in [3.05, 3.63) is 47.1 Å². The van der Waals surface area contributed by atoms with Gasteiger partial charge in [0.25, 0.3) is 0 Å². The average Bonchev–Trinajstić information content (AvgIpc) is 2.68. The van der Waals surface area contributed by atoms with Crippen LogP contribution in [0, 0.1) is 0 Å². The summed E-state index contributed by atoms with van der Waals surface area (Å²) in [5.74, 6) is 0. The lowest BCUT2D eigenvalue weighted by atomic mass is 9.75. The van der Waals surface area contributed by atoms with Gasteiger partial charge in [-0.05, 0) is 63.0 Å². The molecule has 1 aliphatic rings. The Labute approximate surface area is 140 Å². The second kappa shape index (κ2) is 5.48. The molecule has 1 aromatic carbocycles. The van der Waals surface area contributed by atoms with Crippen LogP contribution >= 0.6 is 15.9 Å². The van der Waals surface area contributed by atoms with Gasteiger partial charge in [-0.25, -0.2) is 0 Å². The van der Waals surface area contributed by atoms with Gasteiger partial charge >= 0.3 is 7.12 Å². The van der Waals surface area contributed by atoms with Crippen LogP contribution in [-0.4, -0.2) is 23.3 Å². The van der Waals surface area contributed by atoms with Gasteiger partial charge in [0.05, 0.1) is 16.9 Å². The number of aromatic nitrogens is 1. The van der Waals surface area contributed by atoms with E-state index in [1.807, 2.05) is 36.4 Å². The Hall–Kier alpha value is -1.17. The number of hydrogen-bond donors (Lipinski definition) is 0. The van der Waals surface area contributed by atoms with Gasteiger partial charge in [0.15, 0.2) is 0 Å². The summed E-state index contributed by atoms with van der Waals surface area (Å²) in [6.07, 6.45) is 1.80. The van der Waals surface area contributed by atoms with Crippen LogP contribution in [0.3, 0.4) is 0 Å². The van der Waals surface area contributed by atoms with Crippen LogP contribution in [-0.2, 0) is 9.31 Å².